The number of esters is 1. The third kappa shape index (κ3) is 2.63. The second-order valence-corrected chi connectivity index (χ2v) is 4.92. The standard InChI is InChI=1S/C18H14O4/c1-12-14-9-5-6-10-16(14)22-17(12)18(20)21-11-15(19)13-7-3-2-4-8-13/h2-10H,11H2,1H3. The number of rotatable bonds is 4. The third-order valence-corrected chi connectivity index (χ3v) is 3.46. The molecule has 0 atom stereocenters. The first-order valence-corrected chi connectivity index (χ1v) is 6.90. The summed E-state index contributed by atoms with van der Waals surface area (Å²) in [5.74, 6) is -0.734. The first kappa shape index (κ1) is 14.1. The van der Waals surface area contributed by atoms with Crippen molar-refractivity contribution in [2.24, 2.45) is 0 Å². The molecule has 4 nitrogen and oxygen atoms in total. The summed E-state index contributed by atoms with van der Waals surface area (Å²) in [7, 11) is 0. The van der Waals surface area contributed by atoms with Crippen molar-refractivity contribution in [3.8, 4) is 0 Å². The van der Waals surface area contributed by atoms with E-state index in [2.05, 4.69) is 0 Å². The number of hydrogen-bond donors (Lipinski definition) is 0. The highest BCUT2D eigenvalue weighted by molar-refractivity contribution is 6.00. The molecule has 110 valence electrons. The van der Waals surface area contributed by atoms with E-state index < -0.39 is 5.97 Å². The Morgan fingerprint density at radius 3 is 2.41 bits per heavy atom. The second-order valence-electron chi connectivity index (χ2n) is 4.92. The van der Waals surface area contributed by atoms with Crippen molar-refractivity contribution in [1.29, 1.82) is 0 Å². The van der Waals surface area contributed by atoms with E-state index in [1.165, 1.54) is 0 Å². The van der Waals surface area contributed by atoms with Gasteiger partial charge in [0, 0.05) is 16.5 Å². The van der Waals surface area contributed by atoms with Gasteiger partial charge in [0.15, 0.2) is 12.4 Å². The lowest BCUT2D eigenvalue weighted by Gasteiger charge is -2.03. The fraction of sp³-hybridized carbons (Fsp3) is 0.111. The minimum absolute atomic E-state index is 0.141. The van der Waals surface area contributed by atoms with E-state index in [1.54, 1.807) is 37.3 Å². The molecule has 0 spiro atoms. The van der Waals surface area contributed by atoms with Crippen LogP contribution in [0, 0.1) is 6.92 Å². The number of carbonyl (C=O) groups is 2. The van der Waals surface area contributed by atoms with Crippen LogP contribution in [0.2, 0.25) is 0 Å². The predicted molar refractivity (Wildman–Crippen MR) is 82.0 cm³/mol. The van der Waals surface area contributed by atoms with Gasteiger partial charge in [-0.25, -0.2) is 4.79 Å². The molecule has 0 N–H and O–H groups in total. The van der Waals surface area contributed by atoms with E-state index in [1.807, 2.05) is 24.3 Å². The number of carbonyl (C=O) groups excluding carboxylic acids is 2. The van der Waals surface area contributed by atoms with E-state index in [9.17, 15) is 9.59 Å². The molecule has 0 amide bonds. The Kier molecular flexibility index (Phi) is 3.74. The highest BCUT2D eigenvalue weighted by Gasteiger charge is 2.20. The van der Waals surface area contributed by atoms with Crippen LogP contribution in [-0.2, 0) is 4.74 Å². The van der Waals surface area contributed by atoms with Crippen LogP contribution in [0.1, 0.15) is 26.5 Å². The number of ketones is 1. The van der Waals surface area contributed by atoms with Crippen LogP contribution in [0.25, 0.3) is 11.0 Å². The van der Waals surface area contributed by atoms with Crippen molar-refractivity contribution in [1.82, 2.24) is 0 Å². The lowest BCUT2D eigenvalue weighted by atomic mass is 10.1. The Bertz CT molecular complexity index is 831. The maximum Gasteiger partial charge on any atom is 0.375 e. The van der Waals surface area contributed by atoms with Crippen molar-refractivity contribution in [2.45, 2.75) is 6.92 Å². The Morgan fingerprint density at radius 2 is 1.68 bits per heavy atom. The van der Waals surface area contributed by atoms with Gasteiger partial charge < -0.3 is 9.15 Å². The molecule has 1 aromatic heterocycles. The molecule has 2 aromatic carbocycles. The molecule has 0 aliphatic rings. The molecule has 22 heavy (non-hydrogen) atoms. The van der Waals surface area contributed by atoms with Gasteiger partial charge in [-0.15, -0.1) is 0 Å². The molecular weight excluding hydrogens is 280 g/mol. The number of fused-ring (bicyclic) bond motifs is 1. The summed E-state index contributed by atoms with van der Waals surface area (Å²) in [6, 6.07) is 16.1. The first-order valence-electron chi connectivity index (χ1n) is 6.90. The number of ether oxygens (including phenoxy) is 1. The average Bonchev–Trinajstić information content (AvgIpc) is 2.90. The lowest BCUT2D eigenvalue weighted by Crippen LogP contribution is -2.14. The largest absolute Gasteiger partial charge is 0.451 e. The molecule has 3 rings (SSSR count). The molecule has 1 heterocycles. The highest BCUT2D eigenvalue weighted by atomic mass is 16.5. The fourth-order valence-corrected chi connectivity index (χ4v) is 2.27. The van der Waals surface area contributed by atoms with Crippen molar-refractivity contribution in [3.63, 3.8) is 0 Å². The van der Waals surface area contributed by atoms with Gasteiger partial charge in [0.2, 0.25) is 5.76 Å². The van der Waals surface area contributed by atoms with Crippen molar-refractivity contribution in [3.05, 3.63) is 71.5 Å². The summed E-state index contributed by atoms with van der Waals surface area (Å²) in [6.45, 7) is 1.49. The van der Waals surface area contributed by atoms with Gasteiger partial charge in [-0.1, -0.05) is 48.5 Å². The SMILES string of the molecule is Cc1c(C(=O)OCC(=O)c2ccccc2)oc2ccccc12. The van der Waals surface area contributed by atoms with E-state index in [4.69, 9.17) is 9.15 Å². The maximum atomic E-state index is 12.1. The second kappa shape index (κ2) is 5.85. The molecule has 0 saturated heterocycles. The summed E-state index contributed by atoms with van der Waals surface area (Å²) in [5, 5.41) is 0.865. The first-order chi connectivity index (χ1) is 10.7. The van der Waals surface area contributed by atoms with Gasteiger partial charge in [0.25, 0.3) is 0 Å². The van der Waals surface area contributed by atoms with Crippen LogP contribution in [0.4, 0.5) is 0 Å². The predicted octanol–water partition coefficient (Wildman–Crippen LogP) is 3.78. The monoisotopic (exact) mass is 294 g/mol. The summed E-state index contributed by atoms with van der Waals surface area (Å²) < 4.78 is 10.6. The van der Waals surface area contributed by atoms with E-state index in [0.29, 0.717) is 16.7 Å². The van der Waals surface area contributed by atoms with Crippen molar-refractivity contribution in [2.75, 3.05) is 6.61 Å². The van der Waals surface area contributed by atoms with Crippen LogP contribution in [0.3, 0.4) is 0 Å². The number of para-hydroxylation sites is 1. The Labute approximate surface area is 127 Å². The van der Waals surface area contributed by atoms with Crippen LogP contribution in [-0.4, -0.2) is 18.4 Å². The molecule has 0 unspecified atom stereocenters. The minimum atomic E-state index is -0.627. The van der Waals surface area contributed by atoms with Crippen LogP contribution in [0.15, 0.2) is 59.0 Å². The number of furan rings is 1. The summed E-state index contributed by atoms with van der Waals surface area (Å²) in [6.07, 6.45) is 0. The normalized spacial score (nSPS) is 10.6. The van der Waals surface area contributed by atoms with Gasteiger partial charge in [-0.05, 0) is 13.0 Å². The lowest BCUT2D eigenvalue weighted by molar-refractivity contribution is 0.0445. The number of aryl methyl sites for hydroxylation is 1. The molecule has 0 radical (unpaired) electrons. The highest BCUT2D eigenvalue weighted by Crippen LogP contribution is 2.25. The summed E-state index contributed by atoms with van der Waals surface area (Å²) in [4.78, 5) is 24.0. The minimum Gasteiger partial charge on any atom is -0.451 e. The average molecular weight is 294 g/mol. The molecule has 0 aliphatic heterocycles. The number of Topliss-reactive ketones (excluding diaryl/α,β-unsaturated/α-hetero) is 1. The van der Waals surface area contributed by atoms with Crippen LogP contribution in [0.5, 0.6) is 0 Å². The van der Waals surface area contributed by atoms with Crippen LogP contribution < -0.4 is 0 Å². The zero-order chi connectivity index (χ0) is 15.5. The van der Waals surface area contributed by atoms with Crippen molar-refractivity contribution >= 4 is 22.7 Å². The molecule has 3 aromatic rings. The summed E-state index contributed by atoms with van der Waals surface area (Å²) >= 11 is 0. The van der Waals surface area contributed by atoms with Crippen molar-refractivity contribution < 1.29 is 18.7 Å². The van der Waals surface area contributed by atoms with Gasteiger partial charge in [-0.3, -0.25) is 4.79 Å². The van der Waals surface area contributed by atoms with Gasteiger partial charge in [0.05, 0.1) is 0 Å². The quantitative estimate of drug-likeness (QED) is 0.543. The molecular formula is C18H14O4. The Hall–Kier alpha value is -2.88. The molecule has 4 heteroatoms. The van der Waals surface area contributed by atoms with Gasteiger partial charge in [0.1, 0.15) is 5.58 Å². The number of hydrogen-bond acceptors (Lipinski definition) is 4. The molecule has 0 saturated carbocycles. The Morgan fingerprint density at radius 1 is 1.00 bits per heavy atom. The topological polar surface area (TPSA) is 56.5 Å². The third-order valence-electron chi connectivity index (χ3n) is 3.46. The van der Waals surface area contributed by atoms with E-state index >= 15 is 0 Å². The van der Waals surface area contributed by atoms with Gasteiger partial charge in [-0.2, -0.15) is 0 Å². The molecule has 0 fully saturated rings. The fourth-order valence-electron chi connectivity index (χ4n) is 2.27. The summed E-state index contributed by atoms with van der Waals surface area (Å²) in [5.41, 5.74) is 1.85. The maximum absolute atomic E-state index is 12.1. The zero-order valence-electron chi connectivity index (χ0n) is 12.0. The van der Waals surface area contributed by atoms with Crippen LogP contribution >= 0.6 is 0 Å². The number of benzene rings is 2. The van der Waals surface area contributed by atoms with E-state index in [0.717, 1.165) is 5.39 Å². The smallest absolute Gasteiger partial charge is 0.375 e. The molecule has 0 bridgehead atoms. The van der Waals surface area contributed by atoms with E-state index in [-0.39, 0.29) is 18.2 Å². The molecule has 0 aliphatic carbocycles. The van der Waals surface area contributed by atoms with Gasteiger partial charge >= 0.3 is 5.97 Å². The zero-order valence-corrected chi connectivity index (χ0v) is 12.0. The Balaban J connectivity index is 1.74.